The predicted molar refractivity (Wildman–Crippen MR) is 230 cm³/mol. The molecular formula is C51H31F2N5. The molecule has 0 unspecified atom stereocenters. The van der Waals surface area contributed by atoms with Gasteiger partial charge in [-0.25, -0.2) is 23.7 Å². The van der Waals surface area contributed by atoms with E-state index >= 15 is 4.39 Å². The molecule has 5 nitrogen and oxygen atoms in total. The summed E-state index contributed by atoms with van der Waals surface area (Å²) in [6.45, 7) is 0. The topological polar surface area (TPSA) is 48.5 Å². The van der Waals surface area contributed by atoms with Gasteiger partial charge in [-0.05, 0) is 65.7 Å². The first-order valence-corrected chi connectivity index (χ1v) is 19.1. The molecule has 11 rings (SSSR count). The van der Waals surface area contributed by atoms with Crippen LogP contribution in [0.1, 0.15) is 0 Å². The van der Waals surface area contributed by atoms with Gasteiger partial charge in [-0.2, -0.15) is 0 Å². The van der Waals surface area contributed by atoms with Crippen molar-refractivity contribution < 1.29 is 8.78 Å². The van der Waals surface area contributed by atoms with Gasteiger partial charge in [-0.15, -0.1) is 0 Å². The van der Waals surface area contributed by atoms with Crippen LogP contribution in [0, 0.1) is 11.6 Å². The first-order chi connectivity index (χ1) is 28.6. The number of aromatic nitrogens is 5. The van der Waals surface area contributed by atoms with E-state index in [1.807, 2.05) is 120 Å². The highest BCUT2D eigenvalue weighted by atomic mass is 19.2. The van der Waals surface area contributed by atoms with E-state index in [2.05, 4.69) is 59.2 Å². The molecule has 0 atom stereocenters. The monoisotopic (exact) mass is 751 g/mol. The van der Waals surface area contributed by atoms with Crippen LogP contribution in [0.2, 0.25) is 0 Å². The van der Waals surface area contributed by atoms with Crippen molar-refractivity contribution in [2.24, 2.45) is 0 Å². The summed E-state index contributed by atoms with van der Waals surface area (Å²) in [5.41, 5.74) is 9.37. The van der Waals surface area contributed by atoms with E-state index in [9.17, 15) is 4.39 Å². The molecule has 0 aliphatic rings. The first-order valence-electron chi connectivity index (χ1n) is 19.1. The summed E-state index contributed by atoms with van der Waals surface area (Å²) in [6.07, 6.45) is 0. The van der Waals surface area contributed by atoms with E-state index < -0.39 is 11.6 Å². The molecule has 3 aromatic heterocycles. The lowest BCUT2D eigenvalue weighted by molar-refractivity contribution is 0.505. The van der Waals surface area contributed by atoms with Crippen molar-refractivity contribution in [3.63, 3.8) is 0 Å². The maximum absolute atomic E-state index is 15.6. The van der Waals surface area contributed by atoms with Gasteiger partial charge in [0.2, 0.25) is 0 Å². The Labute approximate surface area is 331 Å². The lowest BCUT2D eigenvalue weighted by atomic mass is 9.98. The Morgan fingerprint density at radius 1 is 0.345 bits per heavy atom. The maximum Gasteiger partial charge on any atom is 0.182 e. The fourth-order valence-electron chi connectivity index (χ4n) is 8.29. The van der Waals surface area contributed by atoms with Crippen molar-refractivity contribution in [2.45, 2.75) is 0 Å². The van der Waals surface area contributed by atoms with E-state index in [1.54, 1.807) is 12.1 Å². The van der Waals surface area contributed by atoms with E-state index in [0.29, 0.717) is 17.5 Å². The van der Waals surface area contributed by atoms with E-state index in [-0.39, 0.29) is 5.69 Å². The molecule has 0 fully saturated rings. The molecule has 7 heteroatoms. The predicted octanol–water partition coefficient (Wildman–Crippen LogP) is 13.0. The summed E-state index contributed by atoms with van der Waals surface area (Å²) < 4.78 is 34.4. The molecule has 0 N–H and O–H groups in total. The Morgan fingerprint density at radius 2 is 0.845 bits per heavy atom. The second kappa shape index (κ2) is 13.5. The van der Waals surface area contributed by atoms with Crippen LogP contribution in [0.25, 0.3) is 100 Å². The molecule has 58 heavy (non-hydrogen) atoms. The molecule has 0 radical (unpaired) electrons. The molecule has 0 saturated carbocycles. The molecule has 0 aliphatic heterocycles. The van der Waals surface area contributed by atoms with Gasteiger partial charge in [-0.3, -0.25) is 0 Å². The van der Waals surface area contributed by atoms with Gasteiger partial charge < -0.3 is 9.13 Å². The maximum atomic E-state index is 15.6. The van der Waals surface area contributed by atoms with Crippen molar-refractivity contribution >= 4 is 43.6 Å². The molecule has 0 bridgehead atoms. The summed E-state index contributed by atoms with van der Waals surface area (Å²) in [5, 5.41) is 3.91. The number of fused-ring (bicyclic) bond motifs is 6. The number of nitrogens with zero attached hydrogens (tertiary/aromatic N) is 5. The average Bonchev–Trinajstić information content (AvgIpc) is 3.79. The molecule has 11 aromatic rings. The van der Waals surface area contributed by atoms with Gasteiger partial charge in [0, 0.05) is 43.9 Å². The summed E-state index contributed by atoms with van der Waals surface area (Å²) in [7, 11) is 0. The summed E-state index contributed by atoms with van der Waals surface area (Å²) >= 11 is 0. The zero-order valence-corrected chi connectivity index (χ0v) is 30.9. The van der Waals surface area contributed by atoms with E-state index in [1.165, 1.54) is 0 Å². The number of para-hydroxylation sites is 2. The minimum absolute atomic E-state index is 0.168. The minimum atomic E-state index is -0.886. The van der Waals surface area contributed by atoms with Crippen molar-refractivity contribution in [1.29, 1.82) is 0 Å². The van der Waals surface area contributed by atoms with Gasteiger partial charge in [0.1, 0.15) is 0 Å². The number of benzene rings is 8. The second-order valence-electron chi connectivity index (χ2n) is 14.3. The third kappa shape index (κ3) is 5.39. The Bertz CT molecular complexity index is 3300. The van der Waals surface area contributed by atoms with Crippen molar-refractivity contribution in [3.05, 3.63) is 200 Å². The average molecular weight is 752 g/mol. The standard InChI is InChI=1S/C51H31F2N5/c52-42-23-14-26-45(48(42)53)58-44-25-13-11-22-37(44)41-30-46-40(31-47(41)58)36-21-10-12-24-43(36)57(46)35-27-28-38(39(29-35)32-15-4-1-5-16-32)51-55-49(33-17-6-2-7-18-33)54-50(56-51)34-19-8-3-9-20-34/h1-31H. The first kappa shape index (κ1) is 33.6. The van der Waals surface area contributed by atoms with Crippen LogP contribution >= 0.6 is 0 Å². The molecule has 0 amide bonds. The van der Waals surface area contributed by atoms with Gasteiger partial charge in [0.05, 0.1) is 27.8 Å². The third-order valence-electron chi connectivity index (χ3n) is 10.9. The normalized spacial score (nSPS) is 11.6. The summed E-state index contributed by atoms with van der Waals surface area (Å²) in [6, 6.07) is 61.6. The van der Waals surface area contributed by atoms with Crippen LogP contribution in [0.3, 0.4) is 0 Å². The molecule has 0 spiro atoms. The lowest BCUT2D eigenvalue weighted by Crippen LogP contribution is -2.02. The number of hydrogen-bond donors (Lipinski definition) is 0. The SMILES string of the molecule is Fc1cccc(-n2c3ccccc3c3cc4c(cc32)c2ccccc2n4-c2ccc(-c3nc(-c4ccccc4)nc(-c4ccccc4)n3)c(-c3ccccc3)c2)c1F. The van der Waals surface area contributed by atoms with Crippen molar-refractivity contribution in [1.82, 2.24) is 24.1 Å². The third-order valence-corrected chi connectivity index (χ3v) is 10.9. The highest BCUT2D eigenvalue weighted by molar-refractivity contribution is 6.19. The Morgan fingerprint density at radius 3 is 1.45 bits per heavy atom. The van der Waals surface area contributed by atoms with Gasteiger partial charge >= 0.3 is 0 Å². The largest absolute Gasteiger partial charge is 0.309 e. The van der Waals surface area contributed by atoms with Crippen LogP contribution in [-0.2, 0) is 0 Å². The molecular weight excluding hydrogens is 721 g/mol. The van der Waals surface area contributed by atoms with Crippen molar-refractivity contribution in [3.8, 4) is 56.7 Å². The van der Waals surface area contributed by atoms with E-state index in [4.69, 9.17) is 15.0 Å². The Hall–Kier alpha value is -7.77. The van der Waals surface area contributed by atoms with Crippen LogP contribution in [-0.4, -0.2) is 24.1 Å². The number of halogens is 2. The van der Waals surface area contributed by atoms with Gasteiger partial charge in [0.25, 0.3) is 0 Å². The highest BCUT2D eigenvalue weighted by Gasteiger charge is 2.22. The molecule has 0 saturated heterocycles. The zero-order chi connectivity index (χ0) is 38.7. The molecule has 274 valence electrons. The molecule has 3 heterocycles. The molecule has 8 aromatic carbocycles. The van der Waals surface area contributed by atoms with Crippen molar-refractivity contribution in [2.75, 3.05) is 0 Å². The highest BCUT2D eigenvalue weighted by Crippen LogP contribution is 2.42. The summed E-state index contributed by atoms with van der Waals surface area (Å²) in [4.78, 5) is 15.1. The molecule has 0 aliphatic carbocycles. The Balaban J connectivity index is 1.18. The fourth-order valence-corrected chi connectivity index (χ4v) is 8.29. The fraction of sp³-hybridized carbons (Fsp3) is 0. The van der Waals surface area contributed by atoms with Gasteiger partial charge in [0.15, 0.2) is 29.1 Å². The zero-order valence-electron chi connectivity index (χ0n) is 30.9. The quantitative estimate of drug-likeness (QED) is 0.170. The van der Waals surface area contributed by atoms with Crippen LogP contribution in [0.5, 0.6) is 0 Å². The lowest BCUT2D eigenvalue weighted by Gasteiger charge is -2.15. The minimum Gasteiger partial charge on any atom is -0.309 e. The van der Waals surface area contributed by atoms with Gasteiger partial charge in [-0.1, -0.05) is 133 Å². The van der Waals surface area contributed by atoms with E-state index in [0.717, 1.165) is 83.2 Å². The number of rotatable bonds is 6. The van der Waals surface area contributed by atoms with Crippen LogP contribution in [0.4, 0.5) is 8.78 Å². The summed E-state index contributed by atoms with van der Waals surface area (Å²) in [5.74, 6) is -0.0124. The Kier molecular flexibility index (Phi) is 7.79. The smallest absolute Gasteiger partial charge is 0.182 e. The second-order valence-corrected chi connectivity index (χ2v) is 14.3. The van der Waals surface area contributed by atoms with Crippen LogP contribution < -0.4 is 0 Å². The van der Waals surface area contributed by atoms with Crippen LogP contribution in [0.15, 0.2) is 188 Å². The number of hydrogen-bond acceptors (Lipinski definition) is 3.